The maximum absolute atomic E-state index is 11.6. The number of benzene rings is 1. The molecule has 3 N–H and O–H groups in total. The average molecular weight is 417 g/mol. The topological polar surface area (TPSA) is 76.7 Å². The van der Waals surface area contributed by atoms with E-state index in [0.29, 0.717) is 0 Å². The van der Waals surface area contributed by atoms with E-state index >= 15 is 0 Å². The van der Waals surface area contributed by atoms with Gasteiger partial charge in [-0.25, -0.2) is 4.99 Å². The highest BCUT2D eigenvalue weighted by atomic mass is 127. The fourth-order valence-electron chi connectivity index (χ4n) is 2.36. The molecule has 0 spiro atoms. The van der Waals surface area contributed by atoms with Crippen molar-refractivity contribution in [3.63, 3.8) is 0 Å². The molecule has 5 nitrogen and oxygen atoms in total. The highest BCUT2D eigenvalue weighted by Crippen LogP contribution is 2.24. The SMILES string of the molecule is CC(C)(C)OC(=O)CN=C(N)Nc1ccc2c(c1)CCC2.I. The van der Waals surface area contributed by atoms with E-state index in [1.165, 1.54) is 17.5 Å². The number of guanidine groups is 1. The summed E-state index contributed by atoms with van der Waals surface area (Å²) in [6.07, 6.45) is 3.47. The third-order valence-corrected chi connectivity index (χ3v) is 3.17. The van der Waals surface area contributed by atoms with Gasteiger partial charge in [0.1, 0.15) is 12.1 Å². The van der Waals surface area contributed by atoms with Crippen LogP contribution in [0.1, 0.15) is 38.3 Å². The molecule has 0 saturated carbocycles. The van der Waals surface area contributed by atoms with Gasteiger partial charge in [-0.05, 0) is 63.3 Å². The summed E-state index contributed by atoms with van der Waals surface area (Å²) in [5.74, 6) is -0.167. The number of carbonyl (C=O) groups excluding carboxylic acids is 1. The molecule has 0 atom stereocenters. The van der Waals surface area contributed by atoms with E-state index in [0.717, 1.165) is 18.5 Å². The number of aliphatic imine (C=N–C) groups is 1. The lowest BCUT2D eigenvalue weighted by Gasteiger charge is -2.18. The van der Waals surface area contributed by atoms with Crippen LogP contribution in [0.3, 0.4) is 0 Å². The molecule has 1 aromatic carbocycles. The number of hydrogen-bond donors (Lipinski definition) is 2. The van der Waals surface area contributed by atoms with E-state index in [2.05, 4.69) is 22.4 Å². The van der Waals surface area contributed by atoms with Crippen LogP contribution in [0.25, 0.3) is 0 Å². The van der Waals surface area contributed by atoms with E-state index in [4.69, 9.17) is 10.5 Å². The Balaban J connectivity index is 0.00000242. The molecule has 0 heterocycles. The lowest BCUT2D eigenvalue weighted by Crippen LogP contribution is -2.28. The Kier molecular flexibility index (Phi) is 6.65. The Morgan fingerprint density at radius 1 is 1.32 bits per heavy atom. The van der Waals surface area contributed by atoms with E-state index in [1.807, 2.05) is 26.8 Å². The minimum absolute atomic E-state index is 0. The van der Waals surface area contributed by atoms with Crippen molar-refractivity contribution < 1.29 is 9.53 Å². The van der Waals surface area contributed by atoms with Crippen molar-refractivity contribution in [2.24, 2.45) is 10.7 Å². The number of anilines is 1. The normalized spacial score (nSPS) is 14.0. The first-order chi connectivity index (χ1) is 9.83. The highest BCUT2D eigenvalue weighted by Gasteiger charge is 2.15. The molecule has 1 aliphatic carbocycles. The van der Waals surface area contributed by atoms with Gasteiger partial charge in [-0.15, -0.1) is 24.0 Å². The van der Waals surface area contributed by atoms with E-state index < -0.39 is 5.60 Å². The van der Waals surface area contributed by atoms with Crippen LogP contribution in [0, 0.1) is 0 Å². The number of rotatable bonds is 3. The molecular weight excluding hydrogens is 393 g/mol. The summed E-state index contributed by atoms with van der Waals surface area (Å²) in [6.45, 7) is 5.38. The van der Waals surface area contributed by atoms with Gasteiger partial charge in [-0.3, -0.25) is 4.79 Å². The summed E-state index contributed by atoms with van der Waals surface area (Å²) in [6, 6.07) is 6.20. The van der Waals surface area contributed by atoms with Crippen LogP contribution in [0.4, 0.5) is 5.69 Å². The van der Waals surface area contributed by atoms with Gasteiger partial charge in [-0.2, -0.15) is 0 Å². The van der Waals surface area contributed by atoms with Gasteiger partial charge in [0.2, 0.25) is 0 Å². The minimum atomic E-state index is -0.505. The zero-order chi connectivity index (χ0) is 15.5. The van der Waals surface area contributed by atoms with Gasteiger partial charge in [0, 0.05) is 5.69 Å². The van der Waals surface area contributed by atoms with Crippen LogP contribution in [-0.4, -0.2) is 24.1 Å². The van der Waals surface area contributed by atoms with Crippen molar-refractivity contribution in [2.75, 3.05) is 11.9 Å². The number of hydrogen-bond acceptors (Lipinski definition) is 3. The fourth-order valence-corrected chi connectivity index (χ4v) is 2.36. The number of nitrogens with one attached hydrogen (secondary N) is 1. The van der Waals surface area contributed by atoms with Crippen molar-refractivity contribution >= 4 is 41.6 Å². The molecule has 1 aromatic rings. The summed E-state index contributed by atoms with van der Waals surface area (Å²) in [5, 5.41) is 3.01. The molecule has 0 unspecified atom stereocenters. The van der Waals surface area contributed by atoms with Crippen molar-refractivity contribution in [2.45, 2.75) is 45.6 Å². The summed E-state index contributed by atoms with van der Waals surface area (Å²) < 4.78 is 5.17. The van der Waals surface area contributed by atoms with Crippen LogP contribution in [0.5, 0.6) is 0 Å². The van der Waals surface area contributed by atoms with Gasteiger partial charge in [-0.1, -0.05) is 6.07 Å². The second kappa shape index (κ2) is 7.80. The number of aryl methyl sites for hydroxylation is 2. The van der Waals surface area contributed by atoms with Gasteiger partial charge >= 0.3 is 5.97 Å². The van der Waals surface area contributed by atoms with Crippen LogP contribution in [0.15, 0.2) is 23.2 Å². The smallest absolute Gasteiger partial charge is 0.328 e. The fraction of sp³-hybridized carbons (Fsp3) is 0.500. The predicted molar refractivity (Wildman–Crippen MR) is 99.8 cm³/mol. The standard InChI is InChI=1S/C16H23N3O2.HI/c1-16(2,3)21-14(20)10-18-15(17)19-13-8-7-11-5-4-6-12(11)9-13;/h7-9H,4-6,10H2,1-3H3,(H3,17,18,19);1H. The lowest BCUT2D eigenvalue weighted by molar-refractivity contribution is -0.152. The Hall–Kier alpha value is -1.31. The summed E-state index contributed by atoms with van der Waals surface area (Å²) >= 11 is 0. The van der Waals surface area contributed by atoms with Crippen LogP contribution < -0.4 is 11.1 Å². The molecule has 0 aromatic heterocycles. The predicted octanol–water partition coefficient (Wildman–Crippen LogP) is 2.86. The molecule has 122 valence electrons. The Morgan fingerprint density at radius 3 is 2.68 bits per heavy atom. The molecule has 0 bridgehead atoms. The molecule has 0 amide bonds. The number of fused-ring (bicyclic) bond motifs is 1. The van der Waals surface area contributed by atoms with Crippen molar-refractivity contribution in [3.05, 3.63) is 29.3 Å². The Labute approximate surface area is 148 Å². The molecule has 0 saturated heterocycles. The van der Waals surface area contributed by atoms with Crippen molar-refractivity contribution in [1.82, 2.24) is 0 Å². The molecule has 0 fully saturated rings. The first kappa shape index (κ1) is 18.7. The summed E-state index contributed by atoms with van der Waals surface area (Å²) in [7, 11) is 0. The number of ether oxygens (including phenoxy) is 1. The third kappa shape index (κ3) is 5.82. The largest absolute Gasteiger partial charge is 0.459 e. The van der Waals surface area contributed by atoms with Gasteiger partial charge in [0.15, 0.2) is 5.96 Å². The van der Waals surface area contributed by atoms with E-state index in [-0.39, 0.29) is 42.5 Å². The number of nitrogens with zero attached hydrogens (tertiary/aromatic N) is 1. The molecule has 22 heavy (non-hydrogen) atoms. The summed E-state index contributed by atoms with van der Waals surface area (Å²) in [4.78, 5) is 15.6. The highest BCUT2D eigenvalue weighted by molar-refractivity contribution is 14.0. The lowest BCUT2D eigenvalue weighted by atomic mass is 10.1. The van der Waals surface area contributed by atoms with E-state index in [1.54, 1.807) is 0 Å². The van der Waals surface area contributed by atoms with Crippen LogP contribution in [-0.2, 0) is 22.4 Å². The molecule has 6 heteroatoms. The number of esters is 1. The second-order valence-corrected chi connectivity index (χ2v) is 6.25. The average Bonchev–Trinajstić information content (AvgIpc) is 2.81. The van der Waals surface area contributed by atoms with Crippen molar-refractivity contribution in [3.8, 4) is 0 Å². The second-order valence-electron chi connectivity index (χ2n) is 6.25. The third-order valence-electron chi connectivity index (χ3n) is 3.17. The maximum atomic E-state index is 11.6. The van der Waals surface area contributed by atoms with Gasteiger partial charge in [0.25, 0.3) is 0 Å². The molecule has 0 aliphatic heterocycles. The summed E-state index contributed by atoms with van der Waals surface area (Å²) in [5.41, 5.74) is 8.96. The molecule has 1 aliphatic rings. The zero-order valence-corrected chi connectivity index (χ0v) is 15.6. The quantitative estimate of drug-likeness (QED) is 0.343. The minimum Gasteiger partial charge on any atom is -0.459 e. The molecule has 0 radical (unpaired) electrons. The zero-order valence-electron chi connectivity index (χ0n) is 13.3. The van der Waals surface area contributed by atoms with Gasteiger partial charge in [0.05, 0.1) is 0 Å². The molecular formula is C16H24IN3O2. The Morgan fingerprint density at radius 2 is 2.00 bits per heavy atom. The van der Waals surface area contributed by atoms with Crippen LogP contribution >= 0.6 is 24.0 Å². The van der Waals surface area contributed by atoms with Gasteiger partial charge < -0.3 is 15.8 Å². The van der Waals surface area contributed by atoms with Crippen LogP contribution in [0.2, 0.25) is 0 Å². The van der Waals surface area contributed by atoms with E-state index in [9.17, 15) is 4.79 Å². The first-order valence-corrected chi connectivity index (χ1v) is 7.24. The molecule has 2 rings (SSSR count). The maximum Gasteiger partial charge on any atom is 0.328 e. The number of nitrogens with two attached hydrogens (primary N) is 1. The Bertz CT molecular complexity index is 565. The number of halogens is 1. The van der Waals surface area contributed by atoms with Crippen molar-refractivity contribution in [1.29, 1.82) is 0 Å². The number of carbonyl (C=O) groups is 1. The monoisotopic (exact) mass is 417 g/mol. The first-order valence-electron chi connectivity index (χ1n) is 7.24.